The lowest BCUT2D eigenvalue weighted by Gasteiger charge is -2.12. The van der Waals surface area contributed by atoms with E-state index in [4.69, 9.17) is 4.74 Å². The van der Waals surface area contributed by atoms with Gasteiger partial charge in [0.1, 0.15) is 11.6 Å². The van der Waals surface area contributed by atoms with Crippen molar-refractivity contribution < 1.29 is 18.8 Å². The van der Waals surface area contributed by atoms with Gasteiger partial charge in [-0.3, -0.25) is 14.9 Å². The van der Waals surface area contributed by atoms with Crippen LogP contribution in [0.3, 0.4) is 0 Å². The molecule has 1 N–H and O–H groups in total. The molecular weight excluding hydrogens is 303 g/mol. The summed E-state index contributed by atoms with van der Waals surface area (Å²) in [7, 11) is 0. The van der Waals surface area contributed by atoms with Gasteiger partial charge in [-0.15, -0.1) is 0 Å². The Kier molecular flexibility index (Phi) is 4.90. The summed E-state index contributed by atoms with van der Waals surface area (Å²) in [5.74, 6) is -0.773. The van der Waals surface area contributed by atoms with Crippen LogP contribution < -0.4 is 10.1 Å². The molecule has 0 unspecified atom stereocenters. The number of anilines is 1. The maximum atomic E-state index is 13.6. The number of amides is 1. The fourth-order valence-corrected chi connectivity index (χ4v) is 2.07. The largest absolute Gasteiger partial charge is 0.483 e. The Hall–Kier alpha value is -2.96. The minimum Gasteiger partial charge on any atom is -0.483 e. The third-order valence-corrected chi connectivity index (χ3v) is 3.19. The average Bonchev–Trinajstić information content (AvgIpc) is 2.48. The van der Waals surface area contributed by atoms with Crippen LogP contribution in [0.1, 0.15) is 11.1 Å². The zero-order chi connectivity index (χ0) is 17.0. The Labute approximate surface area is 132 Å². The van der Waals surface area contributed by atoms with E-state index in [-0.39, 0.29) is 18.0 Å². The molecule has 2 aromatic rings. The lowest BCUT2D eigenvalue weighted by molar-refractivity contribution is -0.384. The lowest BCUT2D eigenvalue weighted by atomic mass is 10.1. The van der Waals surface area contributed by atoms with Gasteiger partial charge in [0.15, 0.2) is 6.61 Å². The highest BCUT2D eigenvalue weighted by molar-refractivity contribution is 5.92. The van der Waals surface area contributed by atoms with Crippen molar-refractivity contribution in [3.8, 4) is 5.75 Å². The van der Waals surface area contributed by atoms with Crippen molar-refractivity contribution in [2.24, 2.45) is 0 Å². The van der Waals surface area contributed by atoms with Crippen molar-refractivity contribution in [1.82, 2.24) is 0 Å². The molecule has 0 radical (unpaired) electrons. The number of halogens is 1. The molecule has 0 aromatic heterocycles. The van der Waals surface area contributed by atoms with E-state index in [9.17, 15) is 19.3 Å². The maximum absolute atomic E-state index is 13.6. The lowest BCUT2D eigenvalue weighted by Crippen LogP contribution is -2.21. The molecule has 0 aliphatic rings. The molecule has 0 atom stereocenters. The fraction of sp³-hybridized carbons (Fsp3) is 0.188. The zero-order valence-electron chi connectivity index (χ0n) is 12.6. The number of carbonyl (C=O) groups is 1. The second kappa shape index (κ2) is 6.87. The second-order valence-corrected chi connectivity index (χ2v) is 4.98. The minimum absolute atomic E-state index is 0.255. The van der Waals surface area contributed by atoms with Gasteiger partial charge in [0.2, 0.25) is 0 Å². The van der Waals surface area contributed by atoms with Crippen LogP contribution in [0.15, 0.2) is 36.4 Å². The smallest absolute Gasteiger partial charge is 0.271 e. The SMILES string of the molecule is Cc1cccc(C)c1OCC(=O)Nc1cc([N+](=O)[O-])ccc1F. The van der Waals surface area contributed by atoms with Crippen molar-refractivity contribution in [2.75, 3.05) is 11.9 Å². The van der Waals surface area contributed by atoms with Crippen LogP contribution in [-0.4, -0.2) is 17.4 Å². The molecule has 0 fully saturated rings. The predicted molar refractivity (Wildman–Crippen MR) is 83.1 cm³/mol. The number of para-hydroxylation sites is 1. The number of rotatable bonds is 5. The fourth-order valence-electron chi connectivity index (χ4n) is 2.07. The van der Waals surface area contributed by atoms with Crippen molar-refractivity contribution in [3.63, 3.8) is 0 Å². The average molecular weight is 318 g/mol. The molecule has 0 aliphatic heterocycles. The highest BCUT2D eigenvalue weighted by Crippen LogP contribution is 2.23. The molecule has 0 saturated carbocycles. The number of nitro groups is 1. The first-order valence-electron chi connectivity index (χ1n) is 6.81. The summed E-state index contributed by atoms with van der Waals surface area (Å²) in [6.45, 7) is 3.37. The number of ether oxygens (including phenoxy) is 1. The molecule has 0 heterocycles. The molecular formula is C16H15FN2O4. The van der Waals surface area contributed by atoms with E-state index in [0.29, 0.717) is 5.75 Å². The maximum Gasteiger partial charge on any atom is 0.271 e. The quantitative estimate of drug-likeness (QED) is 0.677. The number of aryl methyl sites for hydroxylation is 2. The van der Waals surface area contributed by atoms with Gasteiger partial charge in [0.25, 0.3) is 11.6 Å². The Balaban J connectivity index is 2.06. The Morgan fingerprint density at radius 2 is 1.91 bits per heavy atom. The Morgan fingerprint density at radius 1 is 1.26 bits per heavy atom. The van der Waals surface area contributed by atoms with Gasteiger partial charge in [-0.25, -0.2) is 4.39 Å². The molecule has 0 saturated heterocycles. The van der Waals surface area contributed by atoms with E-state index in [2.05, 4.69) is 5.32 Å². The van der Waals surface area contributed by atoms with E-state index in [0.717, 1.165) is 29.3 Å². The Bertz CT molecular complexity index is 741. The molecule has 0 spiro atoms. The number of hydrogen-bond donors (Lipinski definition) is 1. The highest BCUT2D eigenvalue weighted by atomic mass is 19.1. The summed E-state index contributed by atoms with van der Waals surface area (Å²) in [6.07, 6.45) is 0. The normalized spacial score (nSPS) is 10.2. The number of nitrogens with zero attached hydrogens (tertiary/aromatic N) is 1. The standard InChI is InChI=1S/C16H15FN2O4/c1-10-4-3-5-11(2)16(10)23-9-15(20)18-14-8-12(19(21)22)6-7-13(14)17/h3-8H,9H2,1-2H3,(H,18,20). The van der Waals surface area contributed by atoms with Gasteiger partial charge >= 0.3 is 0 Å². The van der Waals surface area contributed by atoms with E-state index < -0.39 is 16.6 Å². The van der Waals surface area contributed by atoms with Crippen LogP contribution in [0.2, 0.25) is 0 Å². The van der Waals surface area contributed by atoms with Crippen LogP contribution in [0.4, 0.5) is 15.8 Å². The summed E-state index contributed by atoms with van der Waals surface area (Å²) in [5.41, 5.74) is 1.19. The molecule has 7 heteroatoms. The highest BCUT2D eigenvalue weighted by Gasteiger charge is 2.14. The van der Waals surface area contributed by atoms with E-state index in [1.165, 1.54) is 0 Å². The number of hydrogen-bond acceptors (Lipinski definition) is 4. The van der Waals surface area contributed by atoms with Crippen molar-refractivity contribution in [2.45, 2.75) is 13.8 Å². The minimum atomic E-state index is -0.754. The zero-order valence-corrected chi connectivity index (χ0v) is 12.6. The number of nitrogens with one attached hydrogen (secondary N) is 1. The third-order valence-electron chi connectivity index (χ3n) is 3.19. The molecule has 2 aromatic carbocycles. The monoisotopic (exact) mass is 318 g/mol. The first-order chi connectivity index (χ1) is 10.9. The third kappa shape index (κ3) is 4.03. The summed E-state index contributed by atoms with van der Waals surface area (Å²) < 4.78 is 19.1. The van der Waals surface area contributed by atoms with Gasteiger partial charge in [-0.1, -0.05) is 18.2 Å². The summed E-state index contributed by atoms with van der Waals surface area (Å²) >= 11 is 0. The molecule has 1 amide bonds. The summed E-state index contributed by atoms with van der Waals surface area (Å²) in [6, 6.07) is 8.49. The van der Waals surface area contributed by atoms with Gasteiger partial charge in [0.05, 0.1) is 10.6 Å². The predicted octanol–water partition coefficient (Wildman–Crippen LogP) is 3.37. The molecule has 0 aliphatic carbocycles. The number of benzene rings is 2. The molecule has 120 valence electrons. The molecule has 0 bridgehead atoms. The van der Waals surface area contributed by atoms with E-state index >= 15 is 0 Å². The molecule has 6 nitrogen and oxygen atoms in total. The summed E-state index contributed by atoms with van der Waals surface area (Å²) in [5, 5.41) is 13.0. The second-order valence-electron chi connectivity index (χ2n) is 4.98. The van der Waals surface area contributed by atoms with Crippen molar-refractivity contribution >= 4 is 17.3 Å². The van der Waals surface area contributed by atoms with Crippen LogP contribution in [-0.2, 0) is 4.79 Å². The number of carbonyl (C=O) groups excluding carboxylic acids is 1. The van der Waals surface area contributed by atoms with Gasteiger partial charge in [-0.05, 0) is 31.0 Å². The van der Waals surface area contributed by atoms with Crippen LogP contribution in [0.25, 0.3) is 0 Å². The van der Waals surface area contributed by atoms with Crippen molar-refractivity contribution in [3.05, 3.63) is 63.5 Å². The summed E-state index contributed by atoms with van der Waals surface area (Å²) in [4.78, 5) is 21.9. The van der Waals surface area contributed by atoms with Crippen LogP contribution in [0.5, 0.6) is 5.75 Å². The first kappa shape index (κ1) is 16.4. The first-order valence-corrected chi connectivity index (χ1v) is 6.81. The van der Waals surface area contributed by atoms with Crippen LogP contribution in [0, 0.1) is 29.8 Å². The Morgan fingerprint density at radius 3 is 2.52 bits per heavy atom. The van der Waals surface area contributed by atoms with Crippen molar-refractivity contribution in [1.29, 1.82) is 0 Å². The molecule has 2 rings (SSSR count). The number of nitro benzene ring substituents is 1. The topological polar surface area (TPSA) is 81.5 Å². The van der Waals surface area contributed by atoms with Gasteiger partial charge in [-0.2, -0.15) is 0 Å². The molecule has 23 heavy (non-hydrogen) atoms. The number of non-ortho nitro benzene ring substituents is 1. The van der Waals surface area contributed by atoms with Gasteiger partial charge < -0.3 is 10.1 Å². The van der Waals surface area contributed by atoms with Gasteiger partial charge in [0, 0.05) is 12.1 Å². The van der Waals surface area contributed by atoms with E-state index in [1.54, 1.807) is 0 Å². The van der Waals surface area contributed by atoms with E-state index in [1.807, 2.05) is 32.0 Å². The van der Waals surface area contributed by atoms with Crippen LogP contribution >= 0.6 is 0 Å².